The van der Waals surface area contributed by atoms with Gasteiger partial charge in [-0.05, 0) is 32.1 Å². The molecule has 4 aliphatic rings. The van der Waals surface area contributed by atoms with E-state index in [4.69, 9.17) is 4.74 Å². The van der Waals surface area contributed by atoms with Crippen LogP contribution in [0.5, 0.6) is 0 Å². The van der Waals surface area contributed by atoms with Crippen LogP contribution >= 0.6 is 0 Å². The molecule has 1 spiro atoms. The van der Waals surface area contributed by atoms with Crippen LogP contribution < -0.4 is 5.32 Å². The summed E-state index contributed by atoms with van der Waals surface area (Å²) in [5.41, 5.74) is 0.0587. The minimum absolute atomic E-state index is 0.0587. The Morgan fingerprint density at radius 3 is 2.71 bits per heavy atom. The highest BCUT2D eigenvalue weighted by atomic mass is 16.5. The van der Waals surface area contributed by atoms with E-state index in [1.807, 2.05) is 4.90 Å². The van der Waals surface area contributed by atoms with Crippen molar-refractivity contribution < 1.29 is 9.53 Å². The number of carbonyl (C=O) groups is 1. The second kappa shape index (κ2) is 7.04. The van der Waals surface area contributed by atoms with Crippen molar-refractivity contribution in [1.29, 1.82) is 0 Å². The van der Waals surface area contributed by atoms with Gasteiger partial charge in [0.05, 0.1) is 5.60 Å². The fourth-order valence-electron chi connectivity index (χ4n) is 4.98. The number of urea groups is 1. The van der Waals surface area contributed by atoms with Gasteiger partial charge in [0.15, 0.2) is 0 Å². The quantitative estimate of drug-likeness (QED) is 0.790. The minimum Gasteiger partial charge on any atom is -0.375 e. The number of rotatable bonds is 2. The van der Waals surface area contributed by atoms with Crippen LogP contribution in [0.1, 0.15) is 51.4 Å². The summed E-state index contributed by atoms with van der Waals surface area (Å²) in [7, 11) is 0. The lowest BCUT2D eigenvalue weighted by Crippen LogP contribution is -2.52. The van der Waals surface area contributed by atoms with Crippen LogP contribution in [0.25, 0.3) is 0 Å². The molecule has 0 unspecified atom stereocenters. The number of ether oxygens (including phenoxy) is 1. The molecule has 5 heteroatoms. The Morgan fingerprint density at radius 1 is 1.12 bits per heavy atom. The molecule has 3 aliphatic heterocycles. The predicted molar refractivity (Wildman–Crippen MR) is 94.0 cm³/mol. The van der Waals surface area contributed by atoms with Gasteiger partial charge >= 0.3 is 6.03 Å². The highest BCUT2D eigenvalue weighted by molar-refractivity contribution is 5.75. The first-order valence-electron chi connectivity index (χ1n) is 9.83. The Kier molecular flexibility index (Phi) is 4.81. The molecule has 0 aromatic carbocycles. The van der Waals surface area contributed by atoms with Crippen LogP contribution in [0.2, 0.25) is 0 Å². The SMILES string of the molecule is O=C(N[C@H]1CCOC2(CCCCC2)C1)N1CC[C@H](N2CC=CC2)C1. The molecule has 2 amide bonds. The van der Waals surface area contributed by atoms with Crippen LogP contribution in [-0.4, -0.2) is 66.3 Å². The largest absolute Gasteiger partial charge is 0.375 e. The first-order chi connectivity index (χ1) is 11.7. The molecule has 0 radical (unpaired) electrons. The average Bonchev–Trinajstić information content (AvgIpc) is 3.27. The summed E-state index contributed by atoms with van der Waals surface area (Å²) in [6.07, 6.45) is 13.8. The zero-order valence-electron chi connectivity index (χ0n) is 14.7. The van der Waals surface area contributed by atoms with Crippen molar-refractivity contribution in [3.8, 4) is 0 Å². The zero-order valence-corrected chi connectivity index (χ0v) is 14.7. The molecule has 1 N–H and O–H groups in total. The first kappa shape index (κ1) is 16.4. The number of likely N-dealkylation sites (tertiary alicyclic amines) is 1. The molecule has 1 aliphatic carbocycles. The maximum atomic E-state index is 12.7. The molecule has 0 aromatic rings. The number of hydrogen-bond donors (Lipinski definition) is 1. The van der Waals surface area contributed by atoms with Gasteiger partial charge < -0.3 is 15.0 Å². The number of nitrogens with one attached hydrogen (secondary N) is 1. The van der Waals surface area contributed by atoms with Gasteiger partial charge in [0, 0.05) is 44.9 Å². The van der Waals surface area contributed by atoms with Crippen LogP contribution in [-0.2, 0) is 4.74 Å². The normalized spacial score (nSPS) is 33.2. The molecule has 3 heterocycles. The van der Waals surface area contributed by atoms with E-state index in [1.54, 1.807) is 0 Å². The summed E-state index contributed by atoms with van der Waals surface area (Å²) < 4.78 is 6.15. The lowest BCUT2D eigenvalue weighted by molar-refractivity contribution is -0.108. The van der Waals surface area contributed by atoms with Crippen LogP contribution in [0.3, 0.4) is 0 Å². The maximum absolute atomic E-state index is 12.7. The Hall–Kier alpha value is -1.07. The average molecular weight is 333 g/mol. The predicted octanol–water partition coefficient (Wildman–Crippen LogP) is 2.52. The molecular formula is C19H31N3O2. The zero-order chi connectivity index (χ0) is 16.4. The molecule has 0 aromatic heterocycles. The molecule has 0 bridgehead atoms. The first-order valence-corrected chi connectivity index (χ1v) is 9.83. The number of nitrogens with zero attached hydrogens (tertiary/aromatic N) is 2. The standard InChI is InChI=1S/C19H31N3O2/c23-18(22-12-6-17(15-22)21-10-4-5-11-21)20-16-7-13-24-19(14-16)8-2-1-3-9-19/h4-5,16-17H,1-3,6-15H2,(H,20,23)/t16-,17-/m0/s1. The summed E-state index contributed by atoms with van der Waals surface area (Å²) in [5, 5.41) is 3.32. The number of amides is 2. The van der Waals surface area contributed by atoms with Gasteiger partial charge in [0.25, 0.3) is 0 Å². The highest BCUT2D eigenvalue weighted by Gasteiger charge is 2.39. The fraction of sp³-hybridized carbons (Fsp3) is 0.842. The number of carbonyl (C=O) groups excluding carboxylic acids is 1. The van der Waals surface area contributed by atoms with E-state index in [0.717, 1.165) is 52.0 Å². The van der Waals surface area contributed by atoms with Gasteiger partial charge in [0.1, 0.15) is 0 Å². The summed E-state index contributed by atoms with van der Waals surface area (Å²) in [6, 6.07) is 0.962. The molecule has 24 heavy (non-hydrogen) atoms. The third kappa shape index (κ3) is 3.47. The monoisotopic (exact) mass is 333 g/mol. The van der Waals surface area contributed by atoms with E-state index in [9.17, 15) is 4.79 Å². The van der Waals surface area contributed by atoms with Gasteiger partial charge in [-0.25, -0.2) is 4.79 Å². The van der Waals surface area contributed by atoms with Crippen molar-refractivity contribution in [2.45, 2.75) is 69.1 Å². The minimum atomic E-state index is 0.0587. The Balaban J connectivity index is 1.28. The van der Waals surface area contributed by atoms with Gasteiger partial charge in [-0.3, -0.25) is 4.90 Å². The van der Waals surface area contributed by atoms with Crippen LogP contribution in [0.4, 0.5) is 4.79 Å². The van der Waals surface area contributed by atoms with Crippen molar-refractivity contribution in [2.24, 2.45) is 0 Å². The fourth-order valence-corrected chi connectivity index (χ4v) is 4.98. The van der Waals surface area contributed by atoms with E-state index in [-0.39, 0.29) is 17.7 Å². The van der Waals surface area contributed by atoms with Crippen molar-refractivity contribution in [1.82, 2.24) is 15.1 Å². The molecule has 2 saturated heterocycles. The molecule has 2 atom stereocenters. The van der Waals surface area contributed by atoms with Crippen molar-refractivity contribution in [2.75, 3.05) is 32.8 Å². The Morgan fingerprint density at radius 2 is 1.92 bits per heavy atom. The van der Waals surface area contributed by atoms with Gasteiger partial charge in [-0.1, -0.05) is 31.4 Å². The lowest BCUT2D eigenvalue weighted by atomic mass is 9.78. The van der Waals surface area contributed by atoms with Crippen molar-refractivity contribution >= 4 is 6.03 Å². The van der Waals surface area contributed by atoms with Crippen LogP contribution in [0, 0.1) is 0 Å². The third-order valence-electron chi connectivity index (χ3n) is 6.40. The van der Waals surface area contributed by atoms with Crippen molar-refractivity contribution in [3.63, 3.8) is 0 Å². The lowest BCUT2D eigenvalue weighted by Gasteiger charge is -2.43. The number of hydrogen-bond acceptors (Lipinski definition) is 3. The second-order valence-electron chi connectivity index (χ2n) is 8.05. The molecule has 1 saturated carbocycles. The highest BCUT2D eigenvalue weighted by Crippen LogP contribution is 2.38. The molecule has 134 valence electrons. The summed E-state index contributed by atoms with van der Waals surface area (Å²) in [6.45, 7) is 4.65. The smallest absolute Gasteiger partial charge is 0.317 e. The Labute approximate surface area is 145 Å². The van der Waals surface area contributed by atoms with E-state index in [1.165, 1.54) is 32.1 Å². The van der Waals surface area contributed by atoms with Gasteiger partial charge in [-0.15, -0.1) is 0 Å². The van der Waals surface area contributed by atoms with E-state index in [2.05, 4.69) is 22.4 Å². The maximum Gasteiger partial charge on any atom is 0.317 e. The van der Waals surface area contributed by atoms with Crippen molar-refractivity contribution in [3.05, 3.63) is 12.2 Å². The second-order valence-corrected chi connectivity index (χ2v) is 8.05. The van der Waals surface area contributed by atoms with E-state index < -0.39 is 0 Å². The molecule has 5 nitrogen and oxygen atoms in total. The Bertz CT molecular complexity index is 473. The van der Waals surface area contributed by atoms with E-state index >= 15 is 0 Å². The van der Waals surface area contributed by atoms with Gasteiger partial charge in [-0.2, -0.15) is 0 Å². The molecule has 3 fully saturated rings. The topological polar surface area (TPSA) is 44.8 Å². The van der Waals surface area contributed by atoms with Crippen LogP contribution in [0.15, 0.2) is 12.2 Å². The third-order valence-corrected chi connectivity index (χ3v) is 6.40. The molecule has 4 rings (SSSR count). The van der Waals surface area contributed by atoms with E-state index in [0.29, 0.717) is 6.04 Å². The summed E-state index contributed by atoms with van der Waals surface area (Å²) in [4.78, 5) is 17.2. The summed E-state index contributed by atoms with van der Waals surface area (Å²) in [5.74, 6) is 0. The molecular weight excluding hydrogens is 302 g/mol. The van der Waals surface area contributed by atoms with Gasteiger partial charge in [0.2, 0.25) is 0 Å². The summed E-state index contributed by atoms with van der Waals surface area (Å²) >= 11 is 0.